The summed E-state index contributed by atoms with van der Waals surface area (Å²) < 4.78 is 0. The molecule has 1 atom stereocenters. The molecule has 6 heteroatoms. The SMILES string of the molecule is CN(CC(=O)N1CCNC[C@H](C(=O)O)C1)Cc1ccccc1. The minimum absolute atomic E-state index is 0.0200. The highest BCUT2D eigenvalue weighted by Gasteiger charge is 2.26. The van der Waals surface area contributed by atoms with E-state index in [4.69, 9.17) is 5.11 Å². The predicted octanol–water partition coefficient (Wildman–Crippen LogP) is 0.251. The van der Waals surface area contributed by atoms with E-state index in [9.17, 15) is 9.59 Å². The Kier molecular flexibility index (Phi) is 5.91. The molecule has 1 aliphatic heterocycles. The molecule has 6 nitrogen and oxygen atoms in total. The Labute approximate surface area is 130 Å². The molecule has 2 N–H and O–H groups in total. The molecule has 1 heterocycles. The summed E-state index contributed by atoms with van der Waals surface area (Å²) in [5, 5.41) is 12.2. The average Bonchev–Trinajstić information content (AvgIpc) is 2.74. The molecule has 2 rings (SSSR count). The first-order chi connectivity index (χ1) is 10.6. The Morgan fingerprint density at radius 3 is 2.77 bits per heavy atom. The van der Waals surface area contributed by atoms with E-state index < -0.39 is 11.9 Å². The summed E-state index contributed by atoms with van der Waals surface area (Å²) in [5.41, 5.74) is 1.15. The number of nitrogens with zero attached hydrogens (tertiary/aromatic N) is 2. The van der Waals surface area contributed by atoms with E-state index in [0.29, 0.717) is 32.7 Å². The van der Waals surface area contributed by atoms with Gasteiger partial charge in [0.1, 0.15) is 0 Å². The third-order valence-electron chi connectivity index (χ3n) is 3.79. The fourth-order valence-corrected chi connectivity index (χ4v) is 2.59. The Bertz CT molecular complexity index is 507. The van der Waals surface area contributed by atoms with Crippen LogP contribution in [0.5, 0.6) is 0 Å². The summed E-state index contributed by atoms with van der Waals surface area (Å²) in [4.78, 5) is 27.1. The van der Waals surface area contributed by atoms with E-state index in [0.717, 1.165) is 5.56 Å². The van der Waals surface area contributed by atoms with Crippen LogP contribution >= 0.6 is 0 Å². The van der Waals surface area contributed by atoms with Crippen molar-refractivity contribution < 1.29 is 14.7 Å². The van der Waals surface area contributed by atoms with Gasteiger partial charge in [0.15, 0.2) is 0 Å². The summed E-state index contributed by atoms with van der Waals surface area (Å²) >= 11 is 0. The van der Waals surface area contributed by atoms with Crippen LogP contribution in [0.4, 0.5) is 0 Å². The van der Waals surface area contributed by atoms with Gasteiger partial charge in [0.25, 0.3) is 0 Å². The van der Waals surface area contributed by atoms with Crippen molar-refractivity contribution in [1.82, 2.24) is 15.1 Å². The molecule has 1 aromatic rings. The van der Waals surface area contributed by atoms with E-state index in [1.165, 1.54) is 0 Å². The van der Waals surface area contributed by atoms with Gasteiger partial charge in [-0.3, -0.25) is 14.5 Å². The number of carbonyl (C=O) groups is 2. The number of likely N-dealkylation sites (N-methyl/N-ethyl adjacent to an activating group) is 1. The summed E-state index contributed by atoms with van der Waals surface area (Å²) in [6.45, 7) is 2.88. The van der Waals surface area contributed by atoms with Crippen molar-refractivity contribution in [3.63, 3.8) is 0 Å². The van der Waals surface area contributed by atoms with E-state index in [2.05, 4.69) is 5.32 Å². The number of carbonyl (C=O) groups excluding carboxylic acids is 1. The quantitative estimate of drug-likeness (QED) is 0.816. The largest absolute Gasteiger partial charge is 0.481 e. The molecular formula is C16H23N3O3. The maximum atomic E-state index is 12.4. The normalized spacial score (nSPS) is 19.0. The first-order valence-electron chi connectivity index (χ1n) is 7.50. The van der Waals surface area contributed by atoms with Gasteiger partial charge in [-0.2, -0.15) is 0 Å². The number of hydrogen-bond acceptors (Lipinski definition) is 4. The standard InChI is InChI=1S/C16H23N3O3/c1-18(10-13-5-3-2-4-6-13)12-15(20)19-8-7-17-9-14(11-19)16(21)22/h2-6,14,17H,7-12H2,1H3,(H,21,22)/t14-/m0/s1. The molecule has 0 aliphatic carbocycles. The van der Waals surface area contributed by atoms with Crippen LogP contribution in [-0.4, -0.2) is 66.6 Å². The van der Waals surface area contributed by atoms with E-state index >= 15 is 0 Å². The van der Waals surface area contributed by atoms with Crippen LogP contribution in [0.25, 0.3) is 0 Å². The van der Waals surface area contributed by atoms with Gasteiger partial charge in [-0.1, -0.05) is 30.3 Å². The fraction of sp³-hybridized carbons (Fsp3) is 0.500. The molecule has 0 unspecified atom stereocenters. The maximum Gasteiger partial charge on any atom is 0.309 e. The minimum Gasteiger partial charge on any atom is -0.481 e. The molecular weight excluding hydrogens is 282 g/mol. The molecule has 0 radical (unpaired) electrons. The lowest BCUT2D eigenvalue weighted by Crippen LogP contribution is -2.42. The molecule has 0 aromatic heterocycles. The first kappa shape index (κ1) is 16.5. The molecule has 0 saturated carbocycles. The summed E-state index contributed by atoms with van der Waals surface area (Å²) in [7, 11) is 1.90. The zero-order valence-electron chi connectivity index (χ0n) is 12.9. The van der Waals surface area contributed by atoms with Crippen LogP contribution in [0.1, 0.15) is 5.56 Å². The topological polar surface area (TPSA) is 72.9 Å². The van der Waals surface area contributed by atoms with Crippen molar-refractivity contribution in [1.29, 1.82) is 0 Å². The summed E-state index contributed by atoms with van der Waals surface area (Å²) in [5.74, 6) is -1.41. The van der Waals surface area contributed by atoms with E-state index in [1.807, 2.05) is 42.3 Å². The second kappa shape index (κ2) is 7.91. The molecule has 1 fully saturated rings. The lowest BCUT2D eigenvalue weighted by atomic mass is 10.1. The number of carboxylic acids is 1. The number of carboxylic acid groups (broad SMARTS) is 1. The van der Waals surface area contributed by atoms with Gasteiger partial charge in [-0.25, -0.2) is 0 Å². The monoisotopic (exact) mass is 305 g/mol. The van der Waals surface area contributed by atoms with Crippen molar-refractivity contribution in [3.8, 4) is 0 Å². The Hall–Kier alpha value is -1.92. The Morgan fingerprint density at radius 2 is 2.09 bits per heavy atom. The highest BCUT2D eigenvalue weighted by atomic mass is 16.4. The third kappa shape index (κ3) is 4.82. The number of rotatable bonds is 5. The van der Waals surface area contributed by atoms with Gasteiger partial charge in [-0.05, 0) is 12.6 Å². The maximum absolute atomic E-state index is 12.4. The lowest BCUT2D eigenvalue weighted by molar-refractivity contribution is -0.143. The van der Waals surface area contributed by atoms with E-state index in [-0.39, 0.29) is 12.5 Å². The fourth-order valence-electron chi connectivity index (χ4n) is 2.59. The average molecular weight is 305 g/mol. The van der Waals surface area contributed by atoms with Crippen LogP contribution in [0.3, 0.4) is 0 Å². The molecule has 1 aliphatic rings. The highest BCUT2D eigenvalue weighted by Crippen LogP contribution is 2.07. The van der Waals surface area contributed by atoms with Crippen LogP contribution in [0.15, 0.2) is 30.3 Å². The Morgan fingerprint density at radius 1 is 1.36 bits per heavy atom. The second-order valence-electron chi connectivity index (χ2n) is 5.74. The van der Waals surface area contributed by atoms with Gasteiger partial charge >= 0.3 is 5.97 Å². The van der Waals surface area contributed by atoms with Crippen molar-refractivity contribution in [2.75, 3.05) is 39.8 Å². The minimum atomic E-state index is -0.857. The smallest absolute Gasteiger partial charge is 0.309 e. The van der Waals surface area contributed by atoms with Crippen molar-refractivity contribution in [3.05, 3.63) is 35.9 Å². The van der Waals surface area contributed by atoms with Crippen molar-refractivity contribution >= 4 is 11.9 Å². The summed E-state index contributed by atoms with van der Waals surface area (Å²) in [6, 6.07) is 9.96. The number of nitrogens with one attached hydrogen (secondary N) is 1. The number of aliphatic carboxylic acids is 1. The molecule has 0 bridgehead atoms. The molecule has 0 spiro atoms. The zero-order valence-corrected chi connectivity index (χ0v) is 12.9. The second-order valence-corrected chi connectivity index (χ2v) is 5.74. The third-order valence-corrected chi connectivity index (χ3v) is 3.79. The molecule has 1 saturated heterocycles. The number of amides is 1. The zero-order chi connectivity index (χ0) is 15.9. The first-order valence-corrected chi connectivity index (χ1v) is 7.50. The molecule has 1 aromatic carbocycles. The predicted molar refractivity (Wildman–Crippen MR) is 83.4 cm³/mol. The van der Waals surface area contributed by atoms with Crippen LogP contribution in [0, 0.1) is 5.92 Å². The van der Waals surface area contributed by atoms with Crippen molar-refractivity contribution in [2.45, 2.75) is 6.54 Å². The van der Waals surface area contributed by atoms with Gasteiger partial charge in [0.05, 0.1) is 12.5 Å². The lowest BCUT2D eigenvalue weighted by Gasteiger charge is -2.25. The van der Waals surface area contributed by atoms with Gasteiger partial charge in [-0.15, -0.1) is 0 Å². The van der Waals surface area contributed by atoms with E-state index in [1.54, 1.807) is 4.90 Å². The van der Waals surface area contributed by atoms with Crippen LogP contribution < -0.4 is 5.32 Å². The highest BCUT2D eigenvalue weighted by molar-refractivity contribution is 5.79. The van der Waals surface area contributed by atoms with Crippen LogP contribution in [-0.2, 0) is 16.1 Å². The molecule has 120 valence electrons. The molecule has 22 heavy (non-hydrogen) atoms. The Balaban J connectivity index is 1.88. The summed E-state index contributed by atoms with van der Waals surface area (Å²) in [6.07, 6.45) is 0. The van der Waals surface area contributed by atoms with Crippen molar-refractivity contribution in [2.24, 2.45) is 5.92 Å². The number of hydrogen-bond donors (Lipinski definition) is 2. The number of benzene rings is 1. The van der Waals surface area contributed by atoms with Gasteiger partial charge in [0.2, 0.25) is 5.91 Å². The molecule has 1 amide bonds. The van der Waals surface area contributed by atoms with Gasteiger partial charge in [0, 0.05) is 32.7 Å². The van der Waals surface area contributed by atoms with Crippen LogP contribution in [0.2, 0.25) is 0 Å². The van der Waals surface area contributed by atoms with Gasteiger partial charge < -0.3 is 15.3 Å².